The summed E-state index contributed by atoms with van der Waals surface area (Å²) in [5.74, 6) is 1.12. The van der Waals surface area contributed by atoms with E-state index in [0.29, 0.717) is 31.1 Å². The van der Waals surface area contributed by atoms with Crippen LogP contribution in [-0.2, 0) is 16.4 Å². The van der Waals surface area contributed by atoms with Crippen LogP contribution in [-0.4, -0.2) is 59.7 Å². The van der Waals surface area contributed by atoms with Gasteiger partial charge in [0.15, 0.2) is 5.82 Å². The molecule has 2 aromatic rings. The third kappa shape index (κ3) is 5.20. The van der Waals surface area contributed by atoms with E-state index in [0.717, 1.165) is 36.1 Å². The van der Waals surface area contributed by atoms with Gasteiger partial charge in [-0.05, 0) is 50.2 Å². The number of nitrogens with zero attached hydrogens (tertiary/aromatic N) is 4. The maximum absolute atomic E-state index is 12.7. The SMILES string of the molecule is CCN(CC)CCCS(=O)(=O)N1CC[C@H]1c1nc(Cc2ccc(Br)cc2)no1. The van der Waals surface area contributed by atoms with Crippen molar-refractivity contribution in [3.63, 3.8) is 0 Å². The highest BCUT2D eigenvalue weighted by Gasteiger charge is 2.41. The second-order valence-corrected chi connectivity index (χ2v) is 9.92. The van der Waals surface area contributed by atoms with Crippen molar-refractivity contribution >= 4 is 26.0 Å². The molecule has 1 aliphatic rings. The summed E-state index contributed by atoms with van der Waals surface area (Å²) in [7, 11) is -3.31. The predicted octanol–water partition coefficient (Wildman–Crippen LogP) is 3.23. The monoisotopic (exact) mass is 470 g/mol. The highest BCUT2D eigenvalue weighted by Crippen LogP contribution is 2.35. The fraction of sp³-hybridized carbons (Fsp3) is 0.579. The Morgan fingerprint density at radius 2 is 1.96 bits per heavy atom. The molecule has 0 radical (unpaired) electrons. The number of hydrogen-bond acceptors (Lipinski definition) is 6. The van der Waals surface area contributed by atoms with Gasteiger partial charge in [-0.3, -0.25) is 0 Å². The van der Waals surface area contributed by atoms with E-state index in [1.54, 1.807) is 0 Å². The topological polar surface area (TPSA) is 79.5 Å². The number of rotatable bonds is 10. The second kappa shape index (κ2) is 9.47. The van der Waals surface area contributed by atoms with Crippen LogP contribution in [0.5, 0.6) is 0 Å². The average molecular weight is 471 g/mol. The Morgan fingerprint density at radius 3 is 2.57 bits per heavy atom. The minimum atomic E-state index is -3.31. The minimum Gasteiger partial charge on any atom is -0.338 e. The van der Waals surface area contributed by atoms with Crippen LogP contribution in [0.1, 0.15) is 50.0 Å². The first-order valence-electron chi connectivity index (χ1n) is 9.71. The van der Waals surface area contributed by atoms with Gasteiger partial charge in [0.2, 0.25) is 15.9 Å². The molecule has 0 unspecified atom stereocenters. The summed E-state index contributed by atoms with van der Waals surface area (Å²) in [6.07, 6.45) is 1.90. The van der Waals surface area contributed by atoms with E-state index in [1.807, 2.05) is 24.3 Å². The molecule has 0 N–H and O–H groups in total. The first kappa shape index (κ1) is 21.4. The average Bonchev–Trinajstić information content (AvgIpc) is 3.07. The van der Waals surface area contributed by atoms with Crippen molar-refractivity contribution in [1.29, 1.82) is 0 Å². The van der Waals surface area contributed by atoms with E-state index in [1.165, 1.54) is 4.31 Å². The van der Waals surface area contributed by atoms with Crippen molar-refractivity contribution in [2.24, 2.45) is 0 Å². The zero-order chi connectivity index (χ0) is 20.1. The quantitative estimate of drug-likeness (QED) is 0.530. The van der Waals surface area contributed by atoms with Gasteiger partial charge in [-0.25, -0.2) is 8.42 Å². The van der Waals surface area contributed by atoms with Crippen molar-refractivity contribution in [1.82, 2.24) is 19.3 Å². The first-order chi connectivity index (χ1) is 13.4. The molecule has 1 aliphatic heterocycles. The molecule has 0 bridgehead atoms. The predicted molar refractivity (Wildman–Crippen MR) is 112 cm³/mol. The van der Waals surface area contributed by atoms with Gasteiger partial charge in [0.25, 0.3) is 0 Å². The molecule has 1 atom stereocenters. The van der Waals surface area contributed by atoms with Crippen molar-refractivity contribution in [3.8, 4) is 0 Å². The van der Waals surface area contributed by atoms with Gasteiger partial charge in [-0.15, -0.1) is 0 Å². The molecule has 1 aromatic carbocycles. The first-order valence-corrected chi connectivity index (χ1v) is 12.1. The Balaban J connectivity index is 1.58. The molecule has 0 aliphatic carbocycles. The molecule has 1 saturated heterocycles. The standard InChI is InChI=1S/C19H27BrN4O3S/c1-3-23(4-2)11-5-13-28(25,26)24-12-10-17(24)19-21-18(22-27-19)14-15-6-8-16(20)9-7-15/h6-9,17H,3-5,10-14H2,1-2H3/t17-/m0/s1. The van der Waals surface area contributed by atoms with Crippen LogP contribution in [0, 0.1) is 0 Å². The van der Waals surface area contributed by atoms with Gasteiger partial charge in [0.1, 0.15) is 6.04 Å². The number of benzene rings is 1. The molecule has 1 fully saturated rings. The summed E-state index contributed by atoms with van der Waals surface area (Å²) >= 11 is 3.42. The van der Waals surface area contributed by atoms with Crippen LogP contribution in [0.25, 0.3) is 0 Å². The van der Waals surface area contributed by atoms with Crippen LogP contribution >= 0.6 is 15.9 Å². The van der Waals surface area contributed by atoms with E-state index >= 15 is 0 Å². The molecule has 28 heavy (non-hydrogen) atoms. The molecule has 154 valence electrons. The van der Waals surface area contributed by atoms with Crippen LogP contribution in [0.15, 0.2) is 33.3 Å². The normalized spacial score (nSPS) is 17.8. The summed E-state index contributed by atoms with van der Waals surface area (Å²) in [5, 5.41) is 4.03. The van der Waals surface area contributed by atoms with Gasteiger partial charge in [0, 0.05) is 17.4 Å². The Hall–Kier alpha value is -1.29. The van der Waals surface area contributed by atoms with Gasteiger partial charge >= 0.3 is 0 Å². The van der Waals surface area contributed by atoms with E-state index in [-0.39, 0.29) is 11.8 Å². The fourth-order valence-corrected chi connectivity index (χ4v) is 5.29. The molecule has 0 spiro atoms. The summed E-state index contributed by atoms with van der Waals surface area (Å²) in [6, 6.07) is 7.60. The lowest BCUT2D eigenvalue weighted by atomic mass is 10.1. The highest BCUT2D eigenvalue weighted by atomic mass is 79.9. The van der Waals surface area contributed by atoms with Crippen LogP contribution in [0.4, 0.5) is 0 Å². The third-order valence-electron chi connectivity index (χ3n) is 5.14. The van der Waals surface area contributed by atoms with Gasteiger partial charge < -0.3 is 9.42 Å². The zero-order valence-electron chi connectivity index (χ0n) is 16.3. The number of sulfonamides is 1. The molecule has 0 saturated carbocycles. The zero-order valence-corrected chi connectivity index (χ0v) is 18.7. The van der Waals surface area contributed by atoms with Crippen LogP contribution < -0.4 is 0 Å². The Kier molecular flexibility index (Phi) is 7.25. The van der Waals surface area contributed by atoms with Crippen molar-refractivity contribution in [3.05, 3.63) is 46.0 Å². The molecule has 0 amide bonds. The molecule has 3 rings (SSSR count). The smallest absolute Gasteiger partial charge is 0.245 e. The Morgan fingerprint density at radius 1 is 1.25 bits per heavy atom. The maximum atomic E-state index is 12.7. The summed E-state index contributed by atoms with van der Waals surface area (Å²) < 4.78 is 33.3. The van der Waals surface area contributed by atoms with E-state index < -0.39 is 10.0 Å². The third-order valence-corrected chi connectivity index (χ3v) is 7.63. The summed E-state index contributed by atoms with van der Waals surface area (Å²) in [6.45, 7) is 7.36. The molecule has 9 heteroatoms. The van der Waals surface area contributed by atoms with Gasteiger partial charge in [-0.2, -0.15) is 9.29 Å². The van der Waals surface area contributed by atoms with Crippen LogP contribution in [0.3, 0.4) is 0 Å². The number of halogens is 1. The van der Waals surface area contributed by atoms with Crippen molar-refractivity contribution in [2.45, 2.75) is 39.2 Å². The maximum Gasteiger partial charge on any atom is 0.245 e. The fourth-order valence-electron chi connectivity index (χ4n) is 3.33. The lowest BCUT2D eigenvalue weighted by Crippen LogP contribution is -2.46. The highest BCUT2D eigenvalue weighted by molar-refractivity contribution is 9.10. The molecule has 1 aromatic heterocycles. The largest absolute Gasteiger partial charge is 0.338 e. The molecule has 2 heterocycles. The number of hydrogen-bond donors (Lipinski definition) is 0. The van der Waals surface area contributed by atoms with Crippen molar-refractivity contribution < 1.29 is 12.9 Å². The molecular weight excluding hydrogens is 444 g/mol. The Bertz CT molecular complexity index is 866. The summed E-state index contributed by atoms with van der Waals surface area (Å²) in [5.41, 5.74) is 1.07. The van der Waals surface area contributed by atoms with Gasteiger partial charge in [0.05, 0.1) is 5.75 Å². The van der Waals surface area contributed by atoms with E-state index in [2.05, 4.69) is 44.8 Å². The minimum absolute atomic E-state index is 0.153. The van der Waals surface area contributed by atoms with Crippen molar-refractivity contribution in [2.75, 3.05) is 31.9 Å². The molecule has 7 nitrogen and oxygen atoms in total. The summed E-state index contributed by atoms with van der Waals surface area (Å²) in [4.78, 5) is 6.68. The lowest BCUT2D eigenvalue weighted by Gasteiger charge is -2.37. The lowest BCUT2D eigenvalue weighted by molar-refractivity contribution is 0.156. The van der Waals surface area contributed by atoms with Crippen LogP contribution in [0.2, 0.25) is 0 Å². The second-order valence-electron chi connectivity index (χ2n) is 6.96. The molecular formula is C19H27BrN4O3S. The number of aromatic nitrogens is 2. The van der Waals surface area contributed by atoms with E-state index in [9.17, 15) is 8.42 Å². The van der Waals surface area contributed by atoms with Gasteiger partial charge in [-0.1, -0.05) is 47.1 Å². The Labute approximate surface area is 175 Å². The van der Waals surface area contributed by atoms with E-state index in [4.69, 9.17) is 4.52 Å².